The van der Waals surface area contributed by atoms with E-state index in [1.165, 1.54) is 31.2 Å². The lowest BCUT2D eigenvalue weighted by molar-refractivity contribution is 0.405. The van der Waals surface area contributed by atoms with Crippen molar-refractivity contribution in [2.24, 2.45) is 0 Å². The van der Waals surface area contributed by atoms with Crippen LogP contribution in [0.3, 0.4) is 0 Å². The third-order valence-electron chi connectivity index (χ3n) is 3.96. The van der Waals surface area contributed by atoms with Crippen molar-refractivity contribution in [2.75, 3.05) is 14.2 Å². The summed E-state index contributed by atoms with van der Waals surface area (Å²) in [5.41, 5.74) is 2.92. The van der Waals surface area contributed by atoms with Gasteiger partial charge in [-0.1, -0.05) is 29.8 Å². The molecule has 0 aromatic heterocycles. The van der Waals surface area contributed by atoms with Crippen LogP contribution in [-0.2, 0) is 6.42 Å². The molecular formula is C17H25NO. The maximum atomic E-state index is 5.44. The second kappa shape index (κ2) is 7.34. The van der Waals surface area contributed by atoms with E-state index in [0.717, 1.165) is 18.6 Å². The molecule has 0 aliphatic heterocycles. The lowest BCUT2D eigenvalue weighted by Crippen LogP contribution is -2.28. The van der Waals surface area contributed by atoms with Crippen molar-refractivity contribution in [3.63, 3.8) is 0 Å². The van der Waals surface area contributed by atoms with E-state index in [9.17, 15) is 0 Å². The highest BCUT2D eigenvalue weighted by Gasteiger charge is 2.13. The van der Waals surface area contributed by atoms with Crippen molar-refractivity contribution in [2.45, 2.75) is 44.6 Å². The fourth-order valence-electron chi connectivity index (χ4n) is 2.82. The number of hydrogen-bond donors (Lipinski definition) is 1. The Bertz CT molecular complexity index is 425. The highest BCUT2D eigenvalue weighted by atomic mass is 16.5. The van der Waals surface area contributed by atoms with Crippen LogP contribution in [0, 0.1) is 0 Å². The second-order valence-electron chi connectivity index (χ2n) is 5.31. The van der Waals surface area contributed by atoms with Crippen LogP contribution in [0.15, 0.2) is 35.9 Å². The van der Waals surface area contributed by atoms with Gasteiger partial charge in [-0.2, -0.15) is 0 Å². The highest BCUT2D eigenvalue weighted by molar-refractivity contribution is 5.34. The summed E-state index contributed by atoms with van der Waals surface area (Å²) < 4.78 is 5.44. The number of ether oxygens (including phenoxy) is 1. The average Bonchev–Trinajstić information content (AvgIpc) is 2.48. The Morgan fingerprint density at radius 3 is 2.74 bits per heavy atom. The lowest BCUT2D eigenvalue weighted by Gasteiger charge is -2.21. The van der Waals surface area contributed by atoms with Gasteiger partial charge in [-0.3, -0.25) is 0 Å². The molecular weight excluding hydrogens is 234 g/mol. The van der Waals surface area contributed by atoms with Gasteiger partial charge < -0.3 is 10.1 Å². The molecule has 1 atom stereocenters. The molecule has 2 nitrogen and oxygen atoms in total. The molecule has 0 bridgehead atoms. The van der Waals surface area contributed by atoms with Crippen molar-refractivity contribution in [1.82, 2.24) is 5.32 Å². The number of para-hydroxylation sites is 1. The monoisotopic (exact) mass is 259 g/mol. The molecule has 1 N–H and O–H groups in total. The van der Waals surface area contributed by atoms with Gasteiger partial charge in [0.25, 0.3) is 0 Å². The van der Waals surface area contributed by atoms with Gasteiger partial charge in [0.2, 0.25) is 0 Å². The van der Waals surface area contributed by atoms with E-state index in [-0.39, 0.29) is 0 Å². The van der Waals surface area contributed by atoms with E-state index in [2.05, 4.69) is 30.6 Å². The van der Waals surface area contributed by atoms with Crippen LogP contribution < -0.4 is 10.1 Å². The molecule has 1 aliphatic carbocycles. The van der Waals surface area contributed by atoms with Crippen molar-refractivity contribution >= 4 is 0 Å². The van der Waals surface area contributed by atoms with E-state index in [4.69, 9.17) is 4.74 Å². The number of nitrogens with one attached hydrogen (secondary N) is 1. The Kier molecular flexibility index (Phi) is 5.46. The standard InChI is InChI=1S/C17H25NO/c1-18-16(12-14-8-4-3-5-9-14)13-15-10-6-7-11-17(15)19-2/h6-8,10-11,16,18H,3-5,9,12-13H2,1-2H3. The quantitative estimate of drug-likeness (QED) is 0.786. The SMILES string of the molecule is CNC(CC1=CCCCC1)Cc1ccccc1OC. The first kappa shape index (κ1) is 14.1. The average molecular weight is 259 g/mol. The number of likely N-dealkylation sites (N-methyl/N-ethyl adjacent to an activating group) is 1. The smallest absolute Gasteiger partial charge is 0.122 e. The van der Waals surface area contributed by atoms with Gasteiger partial charge in [-0.05, 0) is 57.2 Å². The Labute approximate surface area is 116 Å². The molecule has 1 aliphatic rings. The molecule has 0 saturated carbocycles. The van der Waals surface area contributed by atoms with E-state index < -0.39 is 0 Å². The number of allylic oxidation sites excluding steroid dienone is 1. The van der Waals surface area contributed by atoms with Crippen LogP contribution in [0.5, 0.6) is 5.75 Å². The first-order valence-corrected chi connectivity index (χ1v) is 7.30. The highest BCUT2D eigenvalue weighted by Crippen LogP contribution is 2.24. The fourth-order valence-corrected chi connectivity index (χ4v) is 2.82. The number of rotatable bonds is 6. The summed E-state index contributed by atoms with van der Waals surface area (Å²) in [5, 5.41) is 3.45. The number of hydrogen-bond acceptors (Lipinski definition) is 2. The molecule has 1 aromatic rings. The zero-order chi connectivity index (χ0) is 13.5. The third-order valence-corrected chi connectivity index (χ3v) is 3.96. The van der Waals surface area contributed by atoms with Gasteiger partial charge in [0, 0.05) is 6.04 Å². The van der Waals surface area contributed by atoms with Crippen molar-refractivity contribution in [3.8, 4) is 5.75 Å². The van der Waals surface area contributed by atoms with Crippen LogP contribution in [0.4, 0.5) is 0 Å². The topological polar surface area (TPSA) is 21.3 Å². The normalized spacial score (nSPS) is 16.8. The Hall–Kier alpha value is -1.28. The Morgan fingerprint density at radius 1 is 1.21 bits per heavy atom. The molecule has 2 heteroatoms. The van der Waals surface area contributed by atoms with Gasteiger partial charge in [-0.25, -0.2) is 0 Å². The number of methoxy groups -OCH3 is 1. The molecule has 0 radical (unpaired) electrons. The van der Waals surface area contributed by atoms with Crippen LogP contribution >= 0.6 is 0 Å². The summed E-state index contributed by atoms with van der Waals surface area (Å²) in [6.45, 7) is 0. The van der Waals surface area contributed by atoms with Crippen LogP contribution in [-0.4, -0.2) is 20.2 Å². The predicted octanol–water partition coefficient (Wildman–Crippen LogP) is 3.72. The van der Waals surface area contributed by atoms with Crippen LogP contribution in [0.1, 0.15) is 37.7 Å². The van der Waals surface area contributed by atoms with Gasteiger partial charge in [0.05, 0.1) is 7.11 Å². The molecule has 2 rings (SSSR count). The first-order valence-electron chi connectivity index (χ1n) is 7.30. The van der Waals surface area contributed by atoms with Crippen LogP contribution in [0.2, 0.25) is 0 Å². The van der Waals surface area contributed by atoms with Gasteiger partial charge >= 0.3 is 0 Å². The van der Waals surface area contributed by atoms with Crippen molar-refractivity contribution in [3.05, 3.63) is 41.5 Å². The fraction of sp³-hybridized carbons (Fsp3) is 0.529. The summed E-state index contributed by atoms with van der Waals surface area (Å²) in [5.74, 6) is 1.00. The summed E-state index contributed by atoms with van der Waals surface area (Å²) in [6.07, 6.45) is 9.89. The minimum absolute atomic E-state index is 0.501. The molecule has 0 amide bonds. The molecule has 0 saturated heterocycles. The molecule has 0 heterocycles. The summed E-state index contributed by atoms with van der Waals surface area (Å²) in [4.78, 5) is 0. The molecule has 104 valence electrons. The van der Waals surface area contributed by atoms with Gasteiger partial charge in [0.1, 0.15) is 5.75 Å². The molecule has 1 unspecified atom stereocenters. The zero-order valence-electron chi connectivity index (χ0n) is 12.1. The van der Waals surface area contributed by atoms with E-state index >= 15 is 0 Å². The zero-order valence-corrected chi connectivity index (χ0v) is 12.1. The van der Waals surface area contributed by atoms with Crippen molar-refractivity contribution in [1.29, 1.82) is 0 Å². The summed E-state index contributed by atoms with van der Waals surface area (Å²) >= 11 is 0. The van der Waals surface area contributed by atoms with Crippen molar-refractivity contribution < 1.29 is 4.74 Å². The molecule has 0 spiro atoms. The maximum absolute atomic E-state index is 5.44. The Morgan fingerprint density at radius 2 is 2.05 bits per heavy atom. The molecule has 19 heavy (non-hydrogen) atoms. The molecule has 1 aromatic carbocycles. The first-order chi connectivity index (χ1) is 9.33. The minimum Gasteiger partial charge on any atom is -0.496 e. The van der Waals surface area contributed by atoms with E-state index in [1.54, 1.807) is 12.7 Å². The van der Waals surface area contributed by atoms with Gasteiger partial charge in [0.15, 0.2) is 0 Å². The van der Waals surface area contributed by atoms with E-state index in [0.29, 0.717) is 6.04 Å². The largest absolute Gasteiger partial charge is 0.496 e. The lowest BCUT2D eigenvalue weighted by atomic mass is 9.92. The van der Waals surface area contributed by atoms with E-state index in [1.807, 2.05) is 12.1 Å². The second-order valence-corrected chi connectivity index (χ2v) is 5.31. The predicted molar refractivity (Wildman–Crippen MR) is 80.7 cm³/mol. The number of benzene rings is 1. The summed E-state index contributed by atoms with van der Waals surface area (Å²) in [7, 11) is 3.81. The van der Waals surface area contributed by atoms with Gasteiger partial charge in [-0.15, -0.1) is 0 Å². The summed E-state index contributed by atoms with van der Waals surface area (Å²) in [6, 6.07) is 8.83. The van der Waals surface area contributed by atoms with Crippen LogP contribution in [0.25, 0.3) is 0 Å². The molecule has 0 fully saturated rings. The third kappa shape index (κ3) is 4.10. The Balaban J connectivity index is 2.00. The maximum Gasteiger partial charge on any atom is 0.122 e. The minimum atomic E-state index is 0.501.